The summed E-state index contributed by atoms with van der Waals surface area (Å²) in [6.07, 6.45) is 2.76. The number of furan rings is 1. The van der Waals surface area contributed by atoms with E-state index in [0.717, 1.165) is 34.1 Å². The van der Waals surface area contributed by atoms with E-state index < -0.39 is 0 Å². The number of benzene rings is 1. The van der Waals surface area contributed by atoms with E-state index in [4.69, 9.17) is 4.42 Å². The van der Waals surface area contributed by atoms with Crippen molar-refractivity contribution < 1.29 is 9.52 Å². The molecule has 3 aromatic heterocycles. The van der Waals surface area contributed by atoms with Crippen LogP contribution in [0.15, 0.2) is 58.6 Å². The van der Waals surface area contributed by atoms with Gasteiger partial charge in [-0.3, -0.25) is 0 Å². The lowest BCUT2D eigenvalue weighted by molar-refractivity contribution is 0.248. The molecule has 0 bridgehead atoms. The van der Waals surface area contributed by atoms with Crippen molar-refractivity contribution in [1.29, 1.82) is 0 Å². The summed E-state index contributed by atoms with van der Waals surface area (Å²) >= 11 is 1.68. The van der Waals surface area contributed by atoms with Crippen LogP contribution in [0.5, 0.6) is 0 Å². The van der Waals surface area contributed by atoms with E-state index >= 15 is 0 Å². The third-order valence-electron chi connectivity index (χ3n) is 4.17. The SMILES string of the molecule is CCc1nc(Cn2cnc(-c3ccccc3)c2-c2ccc(CO)o2)cs1. The van der Waals surface area contributed by atoms with Crippen molar-refractivity contribution >= 4 is 11.3 Å². The Labute approximate surface area is 155 Å². The number of hydrogen-bond acceptors (Lipinski definition) is 5. The minimum Gasteiger partial charge on any atom is -0.457 e. The first-order valence-corrected chi connectivity index (χ1v) is 9.40. The molecule has 0 amide bonds. The Hall–Kier alpha value is -2.70. The Morgan fingerprint density at radius 3 is 2.69 bits per heavy atom. The van der Waals surface area contributed by atoms with E-state index in [0.29, 0.717) is 18.1 Å². The molecule has 0 aliphatic rings. The van der Waals surface area contributed by atoms with Crippen LogP contribution >= 0.6 is 11.3 Å². The monoisotopic (exact) mass is 365 g/mol. The lowest BCUT2D eigenvalue weighted by atomic mass is 10.1. The maximum absolute atomic E-state index is 9.34. The highest BCUT2D eigenvalue weighted by Crippen LogP contribution is 2.33. The van der Waals surface area contributed by atoms with Crippen LogP contribution in [0.2, 0.25) is 0 Å². The molecular formula is C20H19N3O2S. The standard InChI is InChI=1S/C20H19N3O2S/c1-2-18-22-15(12-26-18)10-23-13-21-19(14-6-4-3-5-7-14)20(23)17-9-8-16(11-24)25-17/h3-9,12-13,24H,2,10-11H2,1H3. The van der Waals surface area contributed by atoms with Crippen LogP contribution in [0.3, 0.4) is 0 Å². The highest BCUT2D eigenvalue weighted by molar-refractivity contribution is 7.09. The second-order valence-electron chi connectivity index (χ2n) is 5.95. The zero-order valence-electron chi connectivity index (χ0n) is 14.4. The van der Waals surface area contributed by atoms with Crippen molar-refractivity contribution in [2.75, 3.05) is 0 Å². The average molecular weight is 365 g/mol. The third-order valence-corrected chi connectivity index (χ3v) is 5.21. The third kappa shape index (κ3) is 3.21. The highest BCUT2D eigenvalue weighted by atomic mass is 32.1. The minimum atomic E-state index is -0.124. The maximum atomic E-state index is 9.34. The number of aliphatic hydroxyl groups is 1. The Morgan fingerprint density at radius 1 is 1.15 bits per heavy atom. The smallest absolute Gasteiger partial charge is 0.153 e. The number of rotatable bonds is 6. The summed E-state index contributed by atoms with van der Waals surface area (Å²) in [4.78, 5) is 9.30. The van der Waals surface area contributed by atoms with Gasteiger partial charge in [0.05, 0.1) is 29.3 Å². The van der Waals surface area contributed by atoms with Crippen LogP contribution in [-0.2, 0) is 19.6 Å². The summed E-state index contributed by atoms with van der Waals surface area (Å²) in [7, 11) is 0. The van der Waals surface area contributed by atoms with Gasteiger partial charge in [-0.25, -0.2) is 9.97 Å². The summed E-state index contributed by atoms with van der Waals surface area (Å²) < 4.78 is 7.87. The number of aliphatic hydroxyl groups excluding tert-OH is 1. The van der Waals surface area contributed by atoms with Crippen molar-refractivity contribution in [2.45, 2.75) is 26.5 Å². The van der Waals surface area contributed by atoms with Crippen molar-refractivity contribution in [3.63, 3.8) is 0 Å². The number of aromatic nitrogens is 3. The normalized spacial score (nSPS) is 11.2. The molecule has 4 rings (SSSR count). The van der Waals surface area contributed by atoms with E-state index in [-0.39, 0.29) is 6.61 Å². The van der Waals surface area contributed by atoms with Gasteiger partial charge in [0.1, 0.15) is 18.1 Å². The second kappa shape index (κ2) is 7.27. The molecule has 0 aliphatic carbocycles. The first-order valence-electron chi connectivity index (χ1n) is 8.52. The van der Waals surface area contributed by atoms with Gasteiger partial charge in [0.2, 0.25) is 0 Å². The molecule has 0 fully saturated rings. The molecule has 0 unspecified atom stereocenters. The minimum absolute atomic E-state index is 0.124. The van der Waals surface area contributed by atoms with Crippen LogP contribution in [-0.4, -0.2) is 19.6 Å². The van der Waals surface area contributed by atoms with Gasteiger partial charge in [0.15, 0.2) is 5.76 Å². The Bertz CT molecular complexity index is 1000. The molecule has 26 heavy (non-hydrogen) atoms. The predicted octanol–water partition coefficient (Wildman–Crippen LogP) is 4.37. The van der Waals surface area contributed by atoms with Crippen molar-refractivity contribution in [3.8, 4) is 22.7 Å². The van der Waals surface area contributed by atoms with Gasteiger partial charge in [0.25, 0.3) is 0 Å². The Morgan fingerprint density at radius 2 is 2.00 bits per heavy atom. The number of aryl methyl sites for hydroxylation is 1. The predicted molar refractivity (Wildman–Crippen MR) is 102 cm³/mol. The molecule has 132 valence electrons. The molecule has 0 atom stereocenters. The molecule has 0 radical (unpaired) electrons. The lowest BCUT2D eigenvalue weighted by Gasteiger charge is -2.07. The first-order chi connectivity index (χ1) is 12.8. The number of imidazole rings is 1. The number of thiazole rings is 1. The molecule has 1 aromatic carbocycles. The second-order valence-corrected chi connectivity index (χ2v) is 6.89. The Balaban J connectivity index is 1.79. The fraction of sp³-hybridized carbons (Fsp3) is 0.200. The highest BCUT2D eigenvalue weighted by Gasteiger charge is 2.19. The average Bonchev–Trinajstić information content (AvgIpc) is 3.42. The summed E-state index contributed by atoms with van der Waals surface area (Å²) in [5.74, 6) is 1.23. The zero-order chi connectivity index (χ0) is 17.9. The van der Waals surface area contributed by atoms with E-state index in [9.17, 15) is 5.11 Å². The van der Waals surface area contributed by atoms with Crippen LogP contribution in [0.1, 0.15) is 23.4 Å². The van der Waals surface area contributed by atoms with Crippen LogP contribution in [0, 0.1) is 0 Å². The molecule has 4 aromatic rings. The fourth-order valence-electron chi connectivity index (χ4n) is 2.92. The molecule has 6 heteroatoms. The number of nitrogens with zero attached hydrogens (tertiary/aromatic N) is 3. The van der Waals surface area contributed by atoms with Crippen molar-refractivity contribution in [1.82, 2.24) is 14.5 Å². The van der Waals surface area contributed by atoms with Crippen molar-refractivity contribution in [2.24, 2.45) is 0 Å². The molecule has 0 spiro atoms. The maximum Gasteiger partial charge on any atom is 0.153 e. The van der Waals surface area contributed by atoms with Gasteiger partial charge >= 0.3 is 0 Å². The van der Waals surface area contributed by atoms with Gasteiger partial charge in [-0.1, -0.05) is 37.3 Å². The van der Waals surface area contributed by atoms with E-state index in [1.165, 1.54) is 0 Å². The van der Waals surface area contributed by atoms with Gasteiger partial charge in [-0.2, -0.15) is 0 Å². The van der Waals surface area contributed by atoms with Gasteiger partial charge < -0.3 is 14.1 Å². The molecule has 5 nitrogen and oxygen atoms in total. The van der Waals surface area contributed by atoms with Crippen molar-refractivity contribution in [3.05, 3.63) is 70.6 Å². The van der Waals surface area contributed by atoms with Crippen LogP contribution in [0.4, 0.5) is 0 Å². The molecule has 0 aliphatic heterocycles. The summed E-state index contributed by atoms with van der Waals surface area (Å²) in [6, 6.07) is 13.7. The quantitative estimate of drug-likeness (QED) is 0.551. The van der Waals surface area contributed by atoms with Crippen LogP contribution < -0.4 is 0 Å². The topological polar surface area (TPSA) is 64.1 Å². The molecule has 0 saturated carbocycles. The van der Waals surface area contributed by atoms with E-state index in [1.54, 1.807) is 17.4 Å². The summed E-state index contributed by atoms with van der Waals surface area (Å²) in [5.41, 5.74) is 3.78. The Kier molecular flexibility index (Phi) is 4.69. The van der Waals surface area contributed by atoms with Crippen LogP contribution in [0.25, 0.3) is 22.7 Å². The molecule has 1 N–H and O–H groups in total. The van der Waals surface area contributed by atoms with Gasteiger partial charge in [0, 0.05) is 10.9 Å². The first kappa shape index (κ1) is 16.8. The molecule has 3 heterocycles. The largest absolute Gasteiger partial charge is 0.457 e. The molecule has 0 saturated heterocycles. The van der Waals surface area contributed by atoms with E-state index in [2.05, 4.69) is 26.8 Å². The molecular weight excluding hydrogens is 346 g/mol. The van der Waals surface area contributed by atoms with Gasteiger partial charge in [-0.15, -0.1) is 11.3 Å². The lowest BCUT2D eigenvalue weighted by Crippen LogP contribution is -2.01. The summed E-state index contributed by atoms with van der Waals surface area (Å²) in [5, 5.41) is 12.6. The fourth-order valence-corrected chi connectivity index (χ4v) is 3.65. The number of hydrogen-bond donors (Lipinski definition) is 1. The summed E-state index contributed by atoms with van der Waals surface area (Å²) in [6.45, 7) is 2.61. The van der Waals surface area contributed by atoms with E-state index in [1.807, 2.05) is 42.7 Å². The van der Waals surface area contributed by atoms with Gasteiger partial charge in [-0.05, 0) is 18.6 Å². The zero-order valence-corrected chi connectivity index (χ0v) is 15.2.